The van der Waals surface area contributed by atoms with Crippen molar-refractivity contribution in [1.29, 1.82) is 0 Å². The lowest BCUT2D eigenvalue weighted by atomic mass is 9.97. The SMILES string of the molecule is [C-]#[N+]c1cccc(-c2cc(-n3c4ccccc4c4ccc5oc6ccccc6c5c43)c(C(F)(F)F)cc2-n2c3ccccc3c3ccc4oc5ccccc5c4c32)c1. The quantitative estimate of drug-likeness (QED) is 0.168. The van der Waals surface area contributed by atoms with Crippen molar-refractivity contribution in [3.05, 3.63) is 175 Å². The fraction of sp³-hybridized carbons (Fsp3) is 0.0200. The third-order valence-electron chi connectivity index (χ3n) is 11.5. The van der Waals surface area contributed by atoms with Gasteiger partial charge in [-0.25, -0.2) is 4.85 Å². The summed E-state index contributed by atoms with van der Waals surface area (Å²) in [6, 6.07) is 48.5. The van der Waals surface area contributed by atoms with Gasteiger partial charge in [0.05, 0.1) is 56.3 Å². The number of fused-ring (bicyclic) bond motifs is 14. The average molecular weight is 758 g/mol. The largest absolute Gasteiger partial charge is 0.456 e. The number of benzene rings is 8. The van der Waals surface area contributed by atoms with Crippen LogP contribution in [-0.4, -0.2) is 9.13 Å². The average Bonchev–Trinajstić information content (AvgIpc) is 4.00. The number of alkyl halides is 3. The molecule has 0 saturated heterocycles. The zero-order valence-corrected chi connectivity index (χ0v) is 30.3. The molecule has 0 saturated carbocycles. The second kappa shape index (κ2) is 11.6. The smallest absolute Gasteiger partial charge is 0.418 e. The minimum Gasteiger partial charge on any atom is -0.456 e. The summed E-state index contributed by atoms with van der Waals surface area (Å²) < 4.78 is 64.8. The molecule has 4 aromatic heterocycles. The van der Waals surface area contributed by atoms with E-state index in [9.17, 15) is 0 Å². The number of hydrogen-bond acceptors (Lipinski definition) is 2. The van der Waals surface area contributed by atoms with Crippen LogP contribution in [0.1, 0.15) is 5.56 Å². The molecule has 0 fully saturated rings. The molecule has 5 nitrogen and oxygen atoms in total. The first kappa shape index (κ1) is 32.5. The zero-order valence-electron chi connectivity index (χ0n) is 30.3. The van der Waals surface area contributed by atoms with Crippen LogP contribution in [0.2, 0.25) is 0 Å². The Hall–Kier alpha value is -7.76. The lowest BCUT2D eigenvalue weighted by Crippen LogP contribution is -2.13. The molecule has 0 amide bonds. The summed E-state index contributed by atoms with van der Waals surface area (Å²) in [6.45, 7) is 7.89. The van der Waals surface area contributed by atoms with E-state index < -0.39 is 11.7 Å². The summed E-state index contributed by atoms with van der Waals surface area (Å²) >= 11 is 0. The van der Waals surface area contributed by atoms with Crippen LogP contribution in [0, 0.1) is 6.57 Å². The Kier molecular flexibility index (Phi) is 6.52. The van der Waals surface area contributed by atoms with Gasteiger partial charge in [0.2, 0.25) is 0 Å². The van der Waals surface area contributed by atoms with Gasteiger partial charge in [-0.1, -0.05) is 91.0 Å². The molecular formula is C50H26F3N3O2. The van der Waals surface area contributed by atoms with Crippen molar-refractivity contribution >= 4 is 93.2 Å². The van der Waals surface area contributed by atoms with E-state index >= 15 is 13.2 Å². The van der Waals surface area contributed by atoms with Crippen molar-refractivity contribution in [1.82, 2.24) is 9.13 Å². The van der Waals surface area contributed by atoms with E-state index in [4.69, 9.17) is 15.4 Å². The molecule has 58 heavy (non-hydrogen) atoms. The Morgan fingerprint density at radius 3 is 1.53 bits per heavy atom. The van der Waals surface area contributed by atoms with Crippen LogP contribution in [0.3, 0.4) is 0 Å². The molecule has 0 aliphatic rings. The molecule has 0 atom stereocenters. The minimum atomic E-state index is -4.79. The van der Waals surface area contributed by atoms with Crippen molar-refractivity contribution < 1.29 is 22.0 Å². The number of halogens is 3. The maximum Gasteiger partial charge on any atom is 0.418 e. The van der Waals surface area contributed by atoms with Gasteiger partial charge in [0, 0.05) is 37.9 Å². The van der Waals surface area contributed by atoms with Gasteiger partial charge in [-0.05, 0) is 72.3 Å². The van der Waals surface area contributed by atoms with Gasteiger partial charge in [-0.2, -0.15) is 13.2 Å². The molecule has 0 spiro atoms. The van der Waals surface area contributed by atoms with Crippen LogP contribution in [0.15, 0.2) is 167 Å². The van der Waals surface area contributed by atoms with Gasteiger partial charge in [0.1, 0.15) is 22.3 Å². The predicted octanol–water partition coefficient (Wildman–Crippen LogP) is 14.9. The summed E-state index contributed by atoms with van der Waals surface area (Å²) in [5.41, 5.74) is 6.22. The highest BCUT2D eigenvalue weighted by molar-refractivity contribution is 6.26. The first-order valence-electron chi connectivity index (χ1n) is 18.8. The van der Waals surface area contributed by atoms with E-state index in [1.807, 2.05) is 132 Å². The van der Waals surface area contributed by atoms with Crippen molar-refractivity contribution in [2.75, 3.05) is 0 Å². The molecule has 12 aromatic rings. The monoisotopic (exact) mass is 757 g/mol. The Morgan fingerprint density at radius 2 is 0.983 bits per heavy atom. The molecule has 0 bridgehead atoms. The van der Waals surface area contributed by atoms with Crippen molar-refractivity contribution in [2.24, 2.45) is 0 Å². The van der Waals surface area contributed by atoms with E-state index in [0.29, 0.717) is 55.9 Å². The first-order valence-corrected chi connectivity index (χ1v) is 18.8. The van der Waals surface area contributed by atoms with Gasteiger partial charge in [-0.15, -0.1) is 0 Å². The van der Waals surface area contributed by atoms with Crippen molar-refractivity contribution in [2.45, 2.75) is 6.18 Å². The highest BCUT2D eigenvalue weighted by Gasteiger charge is 2.37. The van der Waals surface area contributed by atoms with Gasteiger partial charge in [-0.3, -0.25) is 0 Å². The van der Waals surface area contributed by atoms with Crippen LogP contribution < -0.4 is 0 Å². The molecule has 0 unspecified atom stereocenters. The number of para-hydroxylation sites is 4. The van der Waals surface area contributed by atoms with Gasteiger partial charge >= 0.3 is 6.18 Å². The molecule has 274 valence electrons. The van der Waals surface area contributed by atoms with Crippen molar-refractivity contribution in [3.63, 3.8) is 0 Å². The van der Waals surface area contributed by atoms with Crippen LogP contribution in [-0.2, 0) is 6.18 Å². The Labute approximate surface area is 326 Å². The second-order valence-electron chi connectivity index (χ2n) is 14.6. The molecule has 4 heterocycles. The van der Waals surface area contributed by atoms with Crippen LogP contribution in [0.5, 0.6) is 0 Å². The van der Waals surface area contributed by atoms with E-state index in [-0.39, 0.29) is 5.69 Å². The first-order chi connectivity index (χ1) is 28.4. The van der Waals surface area contributed by atoms with Gasteiger partial charge in [0.25, 0.3) is 0 Å². The summed E-state index contributed by atoms with van der Waals surface area (Å²) in [5, 5.41) is 6.59. The van der Waals surface area contributed by atoms with E-state index in [1.165, 1.54) is 6.07 Å². The lowest BCUT2D eigenvalue weighted by molar-refractivity contribution is -0.137. The second-order valence-corrected chi connectivity index (χ2v) is 14.6. The van der Waals surface area contributed by atoms with E-state index in [2.05, 4.69) is 4.85 Å². The van der Waals surface area contributed by atoms with E-state index in [1.54, 1.807) is 28.8 Å². The molecule has 8 aromatic carbocycles. The maximum atomic E-state index is 16.2. The number of rotatable bonds is 3. The van der Waals surface area contributed by atoms with Crippen LogP contribution >= 0.6 is 0 Å². The molecule has 0 aliphatic heterocycles. The van der Waals surface area contributed by atoms with E-state index in [0.717, 1.165) is 54.1 Å². The van der Waals surface area contributed by atoms with Crippen molar-refractivity contribution in [3.8, 4) is 22.5 Å². The summed E-state index contributed by atoms with van der Waals surface area (Å²) in [7, 11) is 0. The number of aromatic nitrogens is 2. The molecule has 12 rings (SSSR count). The summed E-state index contributed by atoms with van der Waals surface area (Å²) in [6.07, 6.45) is -4.79. The normalized spacial score (nSPS) is 12.4. The summed E-state index contributed by atoms with van der Waals surface area (Å²) in [5.74, 6) is 0. The number of nitrogens with zero attached hydrogens (tertiary/aromatic N) is 3. The molecule has 8 heteroatoms. The Bertz CT molecular complexity index is 3760. The highest BCUT2D eigenvalue weighted by Crippen LogP contribution is 2.48. The van der Waals surface area contributed by atoms with Crippen LogP contribution in [0.25, 0.3) is 115 Å². The third-order valence-corrected chi connectivity index (χ3v) is 11.5. The molecule has 0 N–H and O–H groups in total. The maximum absolute atomic E-state index is 16.2. The third kappa shape index (κ3) is 4.41. The fourth-order valence-electron chi connectivity index (χ4n) is 9.18. The van der Waals surface area contributed by atoms with Gasteiger partial charge < -0.3 is 18.0 Å². The van der Waals surface area contributed by atoms with Crippen LogP contribution in [0.4, 0.5) is 18.9 Å². The lowest BCUT2D eigenvalue weighted by Gasteiger charge is -2.22. The van der Waals surface area contributed by atoms with Gasteiger partial charge in [0.15, 0.2) is 5.69 Å². The predicted molar refractivity (Wildman–Crippen MR) is 226 cm³/mol. The molecule has 0 aliphatic carbocycles. The molecule has 0 radical (unpaired) electrons. The zero-order chi connectivity index (χ0) is 38.9. The topological polar surface area (TPSA) is 40.5 Å². The summed E-state index contributed by atoms with van der Waals surface area (Å²) in [4.78, 5) is 3.72. The number of hydrogen-bond donors (Lipinski definition) is 0. The molecular weight excluding hydrogens is 732 g/mol. The minimum absolute atomic E-state index is 0.0388. The highest BCUT2D eigenvalue weighted by atomic mass is 19.4. The number of furan rings is 2. The fourth-order valence-corrected chi connectivity index (χ4v) is 9.18. The standard InChI is InChI=1S/C50H26F3N3O2/c1-54-29-12-10-11-28(25-29)36-26-41(56-39-18-7-3-14-31(39)33-22-24-45-47(49(33)56)35-16-5-9-20-43(35)58-45)37(50(51,52)53)27-40(36)55-38-17-6-2-13-30(38)32-21-23-44-46(48(32)55)34-15-4-8-19-42(34)57-44/h2-27H. The Balaban J connectivity index is 1.30. The Morgan fingerprint density at radius 1 is 0.466 bits per heavy atom.